The van der Waals surface area contributed by atoms with Gasteiger partial charge in [-0.25, -0.2) is 9.67 Å². The summed E-state index contributed by atoms with van der Waals surface area (Å²) < 4.78 is 1.80. The van der Waals surface area contributed by atoms with E-state index in [9.17, 15) is 9.59 Å². The minimum Gasteiger partial charge on any atom is -0.341 e. The molecule has 0 bridgehead atoms. The summed E-state index contributed by atoms with van der Waals surface area (Å²) >= 11 is 1.28. The molecule has 1 amide bonds. The third kappa shape index (κ3) is 4.14. The summed E-state index contributed by atoms with van der Waals surface area (Å²) in [7, 11) is 0. The zero-order valence-electron chi connectivity index (χ0n) is 15.8. The van der Waals surface area contributed by atoms with Crippen molar-refractivity contribution in [3.05, 3.63) is 63.9 Å². The van der Waals surface area contributed by atoms with Crippen molar-refractivity contribution in [3.63, 3.8) is 0 Å². The summed E-state index contributed by atoms with van der Waals surface area (Å²) in [5.74, 6) is -0.505. The maximum absolute atomic E-state index is 12.8. The molecule has 1 unspecified atom stereocenters. The number of rotatable bonds is 6. The Labute approximate surface area is 162 Å². The number of carbonyl (C=O) groups excluding carboxylic acids is 2. The predicted molar refractivity (Wildman–Crippen MR) is 106 cm³/mol. The van der Waals surface area contributed by atoms with E-state index in [1.54, 1.807) is 28.4 Å². The zero-order valence-corrected chi connectivity index (χ0v) is 16.6. The van der Waals surface area contributed by atoms with E-state index in [1.807, 2.05) is 45.9 Å². The Balaban J connectivity index is 1.84. The molecule has 6 nitrogen and oxygen atoms in total. The summed E-state index contributed by atoms with van der Waals surface area (Å²) in [6.45, 7) is 7.71. The highest BCUT2D eigenvalue weighted by Gasteiger charge is 2.27. The van der Waals surface area contributed by atoms with Gasteiger partial charge in [0.1, 0.15) is 0 Å². The van der Waals surface area contributed by atoms with Crippen LogP contribution in [0.2, 0.25) is 0 Å². The van der Waals surface area contributed by atoms with Gasteiger partial charge in [-0.1, -0.05) is 19.9 Å². The number of thiazole rings is 1. The molecule has 3 rings (SSSR count). The SMILES string of the molecule is Cc1cc(C)n(-c2cccc(C(=O)NC(C(=O)c3nccs3)C(C)C)c2)n1. The number of Topliss-reactive ketones (excluding diaryl/α,β-unsaturated/α-hetero) is 1. The number of benzene rings is 1. The third-order valence-electron chi connectivity index (χ3n) is 4.24. The van der Waals surface area contributed by atoms with E-state index in [0.717, 1.165) is 17.1 Å². The van der Waals surface area contributed by atoms with E-state index in [1.165, 1.54) is 11.3 Å². The molecule has 0 fully saturated rings. The maximum atomic E-state index is 12.8. The van der Waals surface area contributed by atoms with Gasteiger partial charge in [0.2, 0.25) is 5.78 Å². The van der Waals surface area contributed by atoms with Crippen LogP contribution in [0.1, 0.15) is 45.4 Å². The monoisotopic (exact) mass is 382 g/mol. The van der Waals surface area contributed by atoms with Crippen LogP contribution in [0.5, 0.6) is 0 Å². The van der Waals surface area contributed by atoms with Gasteiger partial charge in [0, 0.05) is 22.8 Å². The number of carbonyl (C=O) groups is 2. The summed E-state index contributed by atoms with van der Waals surface area (Å²) in [5, 5.41) is 9.49. The fraction of sp³-hybridized carbons (Fsp3) is 0.300. The molecule has 0 aliphatic rings. The van der Waals surface area contributed by atoms with Gasteiger partial charge in [-0.15, -0.1) is 11.3 Å². The van der Waals surface area contributed by atoms with Gasteiger partial charge in [-0.05, 0) is 44.0 Å². The summed E-state index contributed by atoms with van der Waals surface area (Å²) in [6, 6.07) is 8.58. The highest BCUT2D eigenvalue weighted by molar-refractivity contribution is 7.11. The normalized spacial score (nSPS) is 12.2. The molecule has 1 aromatic carbocycles. The largest absolute Gasteiger partial charge is 0.341 e. The molecule has 2 heterocycles. The lowest BCUT2D eigenvalue weighted by atomic mass is 9.99. The van der Waals surface area contributed by atoms with E-state index in [4.69, 9.17) is 0 Å². The van der Waals surface area contributed by atoms with Crippen molar-refractivity contribution in [3.8, 4) is 5.69 Å². The van der Waals surface area contributed by atoms with Gasteiger partial charge in [-0.2, -0.15) is 5.10 Å². The number of hydrogen-bond donors (Lipinski definition) is 1. The van der Waals surface area contributed by atoms with Crippen molar-refractivity contribution in [2.75, 3.05) is 0 Å². The maximum Gasteiger partial charge on any atom is 0.251 e. The Morgan fingerprint density at radius 3 is 2.56 bits per heavy atom. The van der Waals surface area contributed by atoms with E-state index >= 15 is 0 Å². The van der Waals surface area contributed by atoms with Crippen LogP contribution < -0.4 is 5.32 Å². The average Bonchev–Trinajstić information content (AvgIpc) is 3.28. The Hall–Kier alpha value is -2.80. The Morgan fingerprint density at radius 1 is 1.19 bits per heavy atom. The molecule has 0 aliphatic heterocycles. The summed E-state index contributed by atoms with van der Waals surface area (Å²) in [5.41, 5.74) is 3.19. The minimum atomic E-state index is -0.624. The Kier molecular flexibility index (Phi) is 5.51. The predicted octanol–water partition coefficient (Wildman–Crippen LogP) is 3.58. The second-order valence-corrected chi connectivity index (χ2v) is 7.68. The van der Waals surface area contributed by atoms with Crippen molar-refractivity contribution >= 4 is 23.0 Å². The first-order chi connectivity index (χ1) is 12.9. The van der Waals surface area contributed by atoms with Crippen LogP contribution in [-0.2, 0) is 0 Å². The first-order valence-electron chi connectivity index (χ1n) is 8.75. The molecule has 140 valence electrons. The second kappa shape index (κ2) is 7.84. The van der Waals surface area contributed by atoms with Gasteiger partial charge >= 0.3 is 0 Å². The van der Waals surface area contributed by atoms with Gasteiger partial charge in [-0.3, -0.25) is 9.59 Å². The molecule has 0 saturated heterocycles. The number of ketones is 1. The van der Waals surface area contributed by atoms with Crippen molar-refractivity contribution in [2.45, 2.75) is 33.7 Å². The fourth-order valence-electron chi connectivity index (χ4n) is 2.91. The number of aromatic nitrogens is 3. The molecule has 7 heteroatoms. The highest BCUT2D eigenvalue weighted by Crippen LogP contribution is 2.16. The first kappa shape index (κ1) is 19.0. The number of nitrogens with zero attached hydrogens (tertiary/aromatic N) is 3. The van der Waals surface area contributed by atoms with Crippen molar-refractivity contribution < 1.29 is 9.59 Å². The van der Waals surface area contributed by atoms with Crippen molar-refractivity contribution in [1.82, 2.24) is 20.1 Å². The molecule has 2 aromatic heterocycles. The lowest BCUT2D eigenvalue weighted by Gasteiger charge is -2.20. The lowest BCUT2D eigenvalue weighted by molar-refractivity contribution is 0.0831. The number of aryl methyl sites for hydroxylation is 2. The van der Waals surface area contributed by atoms with Gasteiger partial charge in [0.15, 0.2) is 5.01 Å². The highest BCUT2D eigenvalue weighted by atomic mass is 32.1. The topological polar surface area (TPSA) is 76.9 Å². The van der Waals surface area contributed by atoms with Gasteiger partial charge in [0.05, 0.1) is 17.4 Å². The van der Waals surface area contributed by atoms with Crippen LogP contribution in [0, 0.1) is 19.8 Å². The van der Waals surface area contributed by atoms with E-state index in [-0.39, 0.29) is 17.6 Å². The Bertz CT molecular complexity index is 960. The fourth-order valence-corrected chi connectivity index (χ4v) is 3.52. The minimum absolute atomic E-state index is 0.0513. The van der Waals surface area contributed by atoms with Gasteiger partial charge in [0.25, 0.3) is 5.91 Å². The van der Waals surface area contributed by atoms with Crippen LogP contribution in [0.3, 0.4) is 0 Å². The molecule has 0 spiro atoms. The molecule has 27 heavy (non-hydrogen) atoms. The van der Waals surface area contributed by atoms with Crippen LogP contribution in [-0.4, -0.2) is 32.5 Å². The molecule has 0 aliphatic carbocycles. The van der Waals surface area contributed by atoms with Crippen LogP contribution in [0.4, 0.5) is 0 Å². The van der Waals surface area contributed by atoms with Crippen LogP contribution in [0.25, 0.3) is 5.69 Å². The molecule has 0 radical (unpaired) electrons. The van der Waals surface area contributed by atoms with Crippen molar-refractivity contribution in [2.24, 2.45) is 5.92 Å². The molecule has 1 N–H and O–H groups in total. The number of nitrogens with one attached hydrogen (secondary N) is 1. The standard InChI is InChI=1S/C20H22N4O2S/c1-12(2)17(18(25)20-21-8-9-27-20)22-19(26)15-6-5-7-16(11-15)24-14(4)10-13(3)23-24/h5-12,17H,1-4H3,(H,22,26). The number of hydrogen-bond acceptors (Lipinski definition) is 5. The van der Waals surface area contributed by atoms with Crippen LogP contribution >= 0.6 is 11.3 Å². The quantitative estimate of drug-likeness (QED) is 0.661. The number of amides is 1. The first-order valence-corrected chi connectivity index (χ1v) is 9.63. The summed E-state index contributed by atoms with van der Waals surface area (Å²) in [4.78, 5) is 29.5. The van der Waals surface area contributed by atoms with E-state index in [2.05, 4.69) is 15.4 Å². The van der Waals surface area contributed by atoms with Gasteiger partial charge < -0.3 is 5.32 Å². The molecular weight excluding hydrogens is 360 g/mol. The van der Waals surface area contributed by atoms with E-state index in [0.29, 0.717) is 10.6 Å². The molecule has 0 saturated carbocycles. The molecule has 1 atom stereocenters. The smallest absolute Gasteiger partial charge is 0.251 e. The lowest BCUT2D eigenvalue weighted by Crippen LogP contribution is -2.44. The van der Waals surface area contributed by atoms with Crippen LogP contribution in [0.15, 0.2) is 41.9 Å². The summed E-state index contributed by atoms with van der Waals surface area (Å²) in [6.07, 6.45) is 1.59. The Morgan fingerprint density at radius 2 is 1.96 bits per heavy atom. The average molecular weight is 382 g/mol. The molecule has 3 aromatic rings. The van der Waals surface area contributed by atoms with Crippen molar-refractivity contribution in [1.29, 1.82) is 0 Å². The molecular formula is C20H22N4O2S. The second-order valence-electron chi connectivity index (χ2n) is 6.79. The van der Waals surface area contributed by atoms with E-state index < -0.39 is 6.04 Å². The zero-order chi connectivity index (χ0) is 19.6. The third-order valence-corrected chi connectivity index (χ3v) is 5.03.